The zero-order valence-electron chi connectivity index (χ0n) is 19.7. The molecular weight excluding hydrogens is 531 g/mol. The number of hydrogen-bond acceptors (Lipinski definition) is 6. The van der Waals surface area contributed by atoms with E-state index in [1.807, 2.05) is 0 Å². The summed E-state index contributed by atoms with van der Waals surface area (Å²) in [5.74, 6) is -1.49. The second-order valence-electron chi connectivity index (χ2n) is 9.08. The van der Waals surface area contributed by atoms with Gasteiger partial charge in [0, 0.05) is 37.8 Å². The van der Waals surface area contributed by atoms with E-state index in [4.69, 9.17) is 16.0 Å². The Kier molecular flexibility index (Phi) is 7.44. The lowest BCUT2D eigenvalue weighted by molar-refractivity contribution is 0.0888. The molecule has 0 atom stereocenters. The van der Waals surface area contributed by atoms with E-state index in [1.165, 1.54) is 27.2 Å². The number of halogens is 4. The summed E-state index contributed by atoms with van der Waals surface area (Å²) in [5.41, 5.74) is 1.25. The molecule has 0 radical (unpaired) electrons. The highest BCUT2D eigenvalue weighted by atomic mass is 35.5. The number of aromatic nitrogens is 2. The fourth-order valence-electron chi connectivity index (χ4n) is 4.49. The summed E-state index contributed by atoms with van der Waals surface area (Å²) in [6.45, 7) is 1.96. The molecule has 1 aliphatic heterocycles. The number of hydrogen-bond donors (Lipinski definition) is 0. The smallest absolute Gasteiger partial charge is 0.314 e. The average molecular weight is 556 g/mol. The van der Waals surface area contributed by atoms with Crippen LogP contribution in [0.15, 0.2) is 46.9 Å². The normalized spacial score (nSPS) is 17.8. The van der Waals surface area contributed by atoms with Crippen LogP contribution in [0.5, 0.6) is 0 Å². The van der Waals surface area contributed by atoms with Crippen LogP contribution in [0.2, 0.25) is 5.02 Å². The minimum Gasteiger partial charge on any atom is -0.415 e. The van der Waals surface area contributed by atoms with Gasteiger partial charge in [-0.2, -0.15) is 21.5 Å². The van der Waals surface area contributed by atoms with Crippen LogP contribution >= 0.6 is 11.6 Å². The largest absolute Gasteiger partial charge is 0.415 e. The van der Waals surface area contributed by atoms with Crippen LogP contribution in [0, 0.1) is 5.82 Å². The molecule has 1 saturated carbocycles. The van der Waals surface area contributed by atoms with E-state index in [9.17, 15) is 21.6 Å². The highest BCUT2D eigenvalue weighted by molar-refractivity contribution is 7.90. The van der Waals surface area contributed by atoms with E-state index in [0.717, 1.165) is 18.9 Å². The standard InChI is InChI=1S/C24H25ClF3N5O3S/c25-20-14-19(8-9-21(20)26)33(37(34,35)32-12-10-31(11-13-32)18-2-1-3-18)15-16-4-6-17(7-5-16)23-29-30-24(36-23)22(27)28/h4-9,14,18,22H,1-3,10-13,15H2. The van der Waals surface area contributed by atoms with Gasteiger partial charge >= 0.3 is 16.6 Å². The fraction of sp³-hybridized carbons (Fsp3) is 0.417. The van der Waals surface area contributed by atoms with Crippen molar-refractivity contribution in [1.29, 1.82) is 0 Å². The molecule has 2 fully saturated rings. The van der Waals surface area contributed by atoms with Crippen LogP contribution in [0.1, 0.15) is 37.1 Å². The summed E-state index contributed by atoms with van der Waals surface area (Å²) in [6, 6.07) is 10.8. The number of nitrogens with zero attached hydrogens (tertiary/aromatic N) is 5. The summed E-state index contributed by atoms with van der Waals surface area (Å²) in [6.07, 6.45) is 0.629. The second-order valence-corrected chi connectivity index (χ2v) is 11.3. The van der Waals surface area contributed by atoms with Crippen LogP contribution in [-0.4, -0.2) is 60.0 Å². The first-order valence-corrected chi connectivity index (χ1v) is 13.7. The van der Waals surface area contributed by atoms with E-state index < -0.39 is 28.3 Å². The summed E-state index contributed by atoms with van der Waals surface area (Å²) >= 11 is 5.99. The molecule has 13 heteroatoms. The van der Waals surface area contributed by atoms with Crippen molar-refractivity contribution < 1.29 is 26.0 Å². The zero-order valence-corrected chi connectivity index (χ0v) is 21.3. The second kappa shape index (κ2) is 10.6. The van der Waals surface area contributed by atoms with Crippen molar-refractivity contribution >= 4 is 27.5 Å². The Balaban J connectivity index is 1.38. The molecule has 2 aromatic carbocycles. The molecule has 0 spiro atoms. The number of alkyl halides is 2. The Morgan fingerprint density at radius 1 is 1.05 bits per heavy atom. The maximum Gasteiger partial charge on any atom is 0.314 e. The molecule has 2 heterocycles. The third-order valence-corrected chi connectivity index (χ3v) is 9.02. The third kappa shape index (κ3) is 5.47. The predicted molar refractivity (Wildman–Crippen MR) is 132 cm³/mol. The molecule has 1 saturated heterocycles. The van der Waals surface area contributed by atoms with Gasteiger partial charge in [-0.3, -0.25) is 9.21 Å². The number of piperazine rings is 1. The number of benzene rings is 2. The molecular formula is C24H25ClF3N5O3S. The van der Waals surface area contributed by atoms with Gasteiger partial charge in [0.05, 0.1) is 17.3 Å². The molecule has 8 nitrogen and oxygen atoms in total. The molecule has 0 bridgehead atoms. The monoisotopic (exact) mass is 555 g/mol. The van der Waals surface area contributed by atoms with Crippen LogP contribution < -0.4 is 4.31 Å². The van der Waals surface area contributed by atoms with Gasteiger partial charge < -0.3 is 4.42 Å². The topological polar surface area (TPSA) is 82.8 Å². The van der Waals surface area contributed by atoms with Crippen molar-refractivity contribution in [3.05, 3.63) is 64.8 Å². The Hall–Kier alpha value is -2.67. The van der Waals surface area contributed by atoms with Crippen molar-refractivity contribution in [2.75, 3.05) is 30.5 Å². The number of anilines is 1. The van der Waals surface area contributed by atoms with E-state index in [1.54, 1.807) is 24.3 Å². The average Bonchev–Trinajstić information content (AvgIpc) is 3.35. The molecule has 5 rings (SSSR count). The maximum atomic E-state index is 13.9. The van der Waals surface area contributed by atoms with Gasteiger partial charge in [-0.1, -0.05) is 30.2 Å². The molecule has 1 aromatic heterocycles. The molecule has 37 heavy (non-hydrogen) atoms. The molecule has 3 aromatic rings. The summed E-state index contributed by atoms with van der Waals surface area (Å²) < 4.78 is 74.6. The van der Waals surface area contributed by atoms with Gasteiger partial charge in [-0.05, 0) is 48.7 Å². The van der Waals surface area contributed by atoms with Crippen molar-refractivity contribution in [2.45, 2.75) is 38.3 Å². The highest BCUT2D eigenvalue weighted by Gasteiger charge is 2.35. The first-order valence-electron chi connectivity index (χ1n) is 11.9. The third-order valence-electron chi connectivity index (χ3n) is 6.81. The van der Waals surface area contributed by atoms with Gasteiger partial charge in [0.2, 0.25) is 5.89 Å². The molecule has 1 aliphatic carbocycles. The molecule has 0 unspecified atom stereocenters. The minimum atomic E-state index is -3.98. The summed E-state index contributed by atoms with van der Waals surface area (Å²) in [4.78, 5) is 2.34. The lowest BCUT2D eigenvalue weighted by Crippen LogP contribution is -2.56. The van der Waals surface area contributed by atoms with E-state index in [-0.39, 0.29) is 23.1 Å². The van der Waals surface area contributed by atoms with Crippen molar-refractivity contribution in [3.63, 3.8) is 0 Å². The summed E-state index contributed by atoms with van der Waals surface area (Å²) in [7, 11) is -3.98. The SMILES string of the molecule is O=S(=O)(N1CCN(C2CCC2)CC1)N(Cc1ccc(-c2nnc(C(F)F)o2)cc1)c1ccc(F)c(Cl)c1. The quantitative estimate of drug-likeness (QED) is 0.394. The van der Waals surface area contributed by atoms with E-state index >= 15 is 0 Å². The Morgan fingerprint density at radius 3 is 2.32 bits per heavy atom. The Morgan fingerprint density at radius 2 is 1.76 bits per heavy atom. The maximum absolute atomic E-state index is 13.9. The van der Waals surface area contributed by atoms with Crippen molar-refractivity contribution in [2.24, 2.45) is 0 Å². The number of rotatable bonds is 8. The van der Waals surface area contributed by atoms with Crippen LogP contribution in [0.3, 0.4) is 0 Å². The van der Waals surface area contributed by atoms with Gasteiger partial charge in [-0.15, -0.1) is 10.2 Å². The van der Waals surface area contributed by atoms with Gasteiger partial charge in [0.15, 0.2) is 0 Å². The zero-order chi connectivity index (χ0) is 26.2. The molecule has 2 aliphatic rings. The van der Waals surface area contributed by atoms with Crippen molar-refractivity contribution in [1.82, 2.24) is 19.4 Å². The lowest BCUT2D eigenvalue weighted by atomic mass is 9.91. The van der Waals surface area contributed by atoms with Gasteiger partial charge in [0.25, 0.3) is 5.89 Å². The van der Waals surface area contributed by atoms with Crippen LogP contribution in [0.25, 0.3) is 11.5 Å². The first-order chi connectivity index (χ1) is 17.7. The van der Waals surface area contributed by atoms with E-state index in [2.05, 4.69) is 15.1 Å². The van der Waals surface area contributed by atoms with Crippen LogP contribution in [0.4, 0.5) is 18.9 Å². The Bertz CT molecular complexity index is 1340. The molecule has 0 amide bonds. The van der Waals surface area contributed by atoms with Gasteiger partial charge in [-0.25, -0.2) is 4.39 Å². The molecule has 198 valence electrons. The van der Waals surface area contributed by atoms with E-state index in [0.29, 0.717) is 43.3 Å². The van der Waals surface area contributed by atoms with Crippen molar-refractivity contribution in [3.8, 4) is 11.5 Å². The molecule has 0 N–H and O–H groups in total. The Labute approximate surface area is 217 Å². The fourth-order valence-corrected chi connectivity index (χ4v) is 6.27. The van der Waals surface area contributed by atoms with Crippen LogP contribution in [-0.2, 0) is 16.8 Å². The first kappa shape index (κ1) is 26.0. The minimum absolute atomic E-state index is 0.0560. The van der Waals surface area contributed by atoms with Gasteiger partial charge in [0.1, 0.15) is 5.82 Å². The predicted octanol–water partition coefficient (Wildman–Crippen LogP) is 4.89. The summed E-state index contributed by atoms with van der Waals surface area (Å²) in [5, 5.41) is 6.76. The lowest BCUT2D eigenvalue weighted by Gasteiger charge is -2.43. The highest BCUT2D eigenvalue weighted by Crippen LogP contribution is 2.31.